The van der Waals surface area contributed by atoms with Crippen LogP contribution in [0.4, 0.5) is 0 Å². The topological polar surface area (TPSA) is 12.5 Å². The third-order valence-electron chi connectivity index (χ3n) is 5.33. The standard InChI is InChI=1S/C22H27Br2NO/c1-4-9-17(25(2)3)14-21(23)22(24)18-11-6-5-10-16(18)15-26-20-13-8-7-12-19(20)22/h5-8,10-13,17,21H,4,9,14-15H2,1-3H3. The molecule has 2 aromatic carbocycles. The summed E-state index contributed by atoms with van der Waals surface area (Å²) in [6.45, 7) is 2.86. The van der Waals surface area contributed by atoms with Gasteiger partial charge in [0.15, 0.2) is 0 Å². The second-order valence-corrected chi connectivity index (χ2v) is 9.62. The number of hydrogen-bond acceptors (Lipinski definition) is 2. The molecule has 4 heteroatoms. The summed E-state index contributed by atoms with van der Waals surface area (Å²) < 4.78 is 5.84. The lowest BCUT2D eigenvalue weighted by Gasteiger charge is -2.37. The van der Waals surface area contributed by atoms with Gasteiger partial charge in [-0.3, -0.25) is 0 Å². The maximum Gasteiger partial charge on any atom is 0.124 e. The zero-order valence-electron chi connectivity index (χ0n) is 15.7. The second kappa shape index (κ2) is 8.45. The Morgan fingerprint density at radius 3 is 2.42 bits per heavy atom. The maximum absolute atomic E-state index is 6.16. The number of halogens is 2. The molecule has 1 aliphatic rings. The van der Waals surface area contributed by atoms with Crippen LogP contribution in [0.3, 0.4) is 0 Å². The first kappa shape index (κ1) is 19.9. The molecule has 3 rings (SSSR count). The lowest BCUT2D eigenvalue weighted by Crippen LogP contribution is -2.38. The molecule has 140 valence electrons. The lowest BCUT2D eigenvalue weighted by molar-refractivity contribution is 0.257. The molecule has 3 atom stereocenters. The van der Waals surface area contributed by atoms with Gasteiger partial charge in [-0.25, -0.2) is 0 Å². The SMILES string of the molecule is CCCC(CC(Br)C1(Br)c2ccccc2COc2ccccc21)N(C)C. The van der Waals surface area contributed by atoms with E-state index in [4.69, 9.17) is 4.74 Å². The Morgan fingerprint density at radius 2 is 1.73 bits per heavy atom. The highest BCUT2D eigenvalue weighted by molar-refractivity contribution is 9.12. The van der Waals surface area contributed by atoms with Crippen LogP contribution in [-0.4, -0.2) is 29.9 Å². The first-order chi connectivity index (χ1) is 12.5. The van der Waals surface area contributed by atoms with Gasteiger partial charge in [0.1, 0.15) is 12.4 Å². The van der Waals surface area contributed by atoms with Gasteiger partial charge in [0.2, 0.25) is 0 Å². The van der Waals surface area contributed by atoms with Crippen molar-refractivity contribution in [3.05, 3.63) is 65.2 Å². The van der Waals surface area contributed by atoms with E-state index in [2.05, 4.69) is 100 Å². The average molecular weight is 481 g/mol. The van der Waals surface area contributed by atoms with Crippen LogP contribution in [0.2, 0.25) is 0 Å². The van der Waals surface area contributed by atoms with Crippen LogP contribution in [0.25, 0.3) is 0 Å². The molecule has 0 spiro atoms. The molecule has 0 saturated carbocycles. The third-order valence-corrected chi connectivity index (χ3v) is 8.42. The van der Waals surface area contributed by atoms with Crippen molar-refractivity contribution in [2.24, 2.45) is 0 Å². The smallest absolute Gasteiger partial charge is 0.124 e. The predicted octanol–water partition coefficient (Wildman–Crippen LogP) is 6.10. The Balaban J connectivity index is 2.08. The summed E-state index contributed by atoms with van der Waals surface area (Å²) in [4.78, 5) is 2.58. The van der Waals surface area contributed by atoms with E-state index in [1.807, 2.05) is 6.07 Å². The maximum atomic E-state index is 6.16. The summed E-state index contributed by atoms with van der Waals surface area (Å²) in [5.41, 5.74) is 3.73. The number of rotatable bonds is 6. The van der Waals surface area contributed by atoms with Crippen molar-refractivity contribution in [3.63, 3.8) is 0 Å². The van der Waals surface area contributed by atoms with Gasteiger partial charge in [0.25, 0.3) is 0 Å². The number of benzene rings is 2. The number of para-hydroxylation sites is 1. The molecule has 0 bridgehead atoms. The summed E-state index contributed by atoms with van der Waals surface area (Å²) in [5, 5.41) is 0. The highest BCUT2D eigenvalue weighted by Gasteiger charge is 2.44. The minimum atomic E-state index is -0.321. The molecule has 1 aliphatic heterocycles. The van der Waals surface area contributed by atoms with E-state index in [-0.39, 0.29) is 9.15 Å². The summed E-state index contributed by atoms with van der Waals surface area (Å²) in [6, 6.07) is 17.6. The van der Waals surface area contributed by atoms with Crippen molar-refractivity contribution in [1.29, 1.82) is 0 Å². The zero-order chi connectivity index (χ0) is 18.7. The van der Waals surface area contributed by atoms with Crippen molar-refractivity contribution >= 4 is 31.9 Å². The van der Waals surface area contributed by atoms with E-state index in [0.29, 0.717) is 12.6 Å². The van der Waals surface area contributed by atoms with Crippen molar-refractivity contribution in [2.75, 3.05) is 14.1 Å². The largest absolute Gasteiger partial charge is 0.489 e. The van der Waals surface area contributed by atoms with Crippen molar-refractivity contribution in [1.82, 2.24) is 4.90 Å². The van der Waals surface area contributed by atoms with Crippen LogP contribution in [0.15, 0.2) is 48.5 Å². The first-order valence-corrected chi connectivity index (χ1v) is 11.0. The van der Waals surface area contributed by atoms with Crippen LogP contribution < -0.4 is 4.74 Å². The quantitative estimate of drug-likeness (QED) is 0.463. The van der Waals surface area contributed by atoms with Gasteiger partial charge in [-0.1, -0.05) is 87.7 Å². The lowest BCUT2D eigenvalue weighted by atomic mass is 9.83. The van der Waals surface area contributed by atoms with Gasteiger partial charge in [-0.05, 0) is 44.1 Å². The molecule has 3 unspecified atom stereocenters. The number of alkyl halides is 2. The average Bonchev–Trinajstić information content (AvgIpc) is 2.77. The Labute approximate surface area is 174 Å². The molecular weight excluding hydrogens is 454 g/mol. The van der Waals surface area contributed by atoms with Crippen LogP contribution in [0.1, 0.15) is 42.9 Å². The fraction of sp³-hybridized carbons (Fsp3) is 0.455. The normalized spacial score (nSPS) is 21.3. The number of hydrogen-bond donors (Lipinski definition) is 0. The molecule has 0 fully saturated rings. The summed E-state index contributed by atoms with van der Waals surface area (Å²) >= 11 is 8.27. The third kappa shape index (κ3) is 3.74. The van der Waals surface area contributed by atoms with E-state index in [0.717, 1.165) is 12.2 Å². The fourth-order valence-electron chi connectivity index (χ4n) is 3.85. The molecular formula is C22H27Br2NO. The molecule has 0 aromatic heterocycles. The first-order valence-electron chi connectivity index (χ1n) is 9.28. The Bertz CT molecular complexity index is 699. The summed E-state index contributed by atoms with van der Waals surface area (Å²) in [5.74, 6) is 0.960. The highest BCUT2D eigenvalue weighted by atomic mass is 79.9. The van der Waals surface area contributed by atoms with E-state index < -0.39 is 0 Å². The number of ether oxygens (including phenoxy) is 1. The van der Waals surface area contributed by atoms with Crippen molar-refractivity contribution in [3.8, 4) is 5.75 Å². The highest BCUT2D eigenvalue weighted by Crippen LogP contribution is 2.52. The Kier molecular flexibility index (Phi) is 6.47. The molecule has 1 heterocycles. The molecule has 0 aliphatic carbocycles. The van der Waals surface area contributed by atoms with Crippen LogP contribution in [0.5, 0.6) is 5.75 Å². The van der Waals surface area contributed by atoms with Gasteiger partial charge in [0.05, 0.1) is 4.32 Å². The van der Waals surface area contributed by atoms with Gasteiger partial charge < -0.3 is 9.64 Å². The Morgan fingerprint density at radius 1 is 1.08 bits per heavy atom. The molecule has 2 nitrogen and oxygen atoms in total. The Hall–Kier alpha value is -0.840. The molecule has 2 aromatic rings. The molecule has 0 amide bonds. The van der Waals surface area contributed by atoms with Gasteiger partial charge >= 0.3 is 0 Å². The minimum Gasteiger partial charge on any atom is -0.489 e. The second-order valence-electron chi connectivity index (χ2n) is 7.26. The minimum absolute atomic E-state index is 0.234. The summed E-state index contributed by atoms with van der Waals surface area (Å²) in [6.07, 6.45) is 3.43. The van der Waals surface area contributed by atoms with Crippen LogP contribution in [0, 0.1) is 0 Å². The van der Waals surface area contributed by atoms with Crippen LogP contribution >= 0.6 is 31.9 Å². The monoisotopic (exact) mass is 479 g/mol. The molecule has 26 heavy (non-hydrogen) atoms. The van der Waals surface area contributed by atoms with E-state index in [1.165, 1.54) is 29.5 Å². The number of fused-ring (bicyclic) bond motifs is 2. The summed E-state index contributed by atoms with van der Waals surface area (Å²) in [7, 11) is 4.36. The van der Waals surface area contributed by atoms with Crippen molar-refractivity contribution < 1.29 is 4.74 Å². The number of nitrogens with zero attached hydrogens (tertiary/aromatic N) is 1. The molecule has 0 N–H and O–H groups in total. The molecule has 0 radical (unpaired) electrons. The fourth-order valence-corrected chi connectivity index (χ4v) is 5.68. The van der Waals surface area contributed by atoms with E-state index in [1.54, 1.807) is 0 Å². The van der Waals surface area contributed by atoms with Crippen LogP contribution in [-0.2, 0) is 10.9 Å². The van der Waals surface area contributed by atoms with Crippen molar-refractivity contribution in [2.45, 2.75) is 48.0 Å². The van der Waals surface area contributed by atoms with E-state index in [9.17, 15) is 0 Å². The predicted molar refractivity (Wildman–Crippen MR) is 117 cm³/mol. The van der Waals surface area contributed by atoms with Gasteiger partial charge in [0, 0.05) is 16.4 Å². The molecule has 0 saturated heterocycles. The zero-order valence-corrected chi connectivity index (χ0v) is 18.9. The van der Waals surface area contributed by atoms with E-state index >= 15 is 0 Å². The van der Waals surface area contributed by atoms with Gasteiger partial charge in [-0.15, -0.1) is 0 Å². The van der Waals surface area contributed by atoms with Gasteiger partial charge in [-0.2, -0.15) is 0 Å².